The zero-order chi connectivity index (χ0) is 39.8. The second-order valence-corrected chi connectivity index (χ2v) is 13.8. The van der Waals surface area contributed by atoms with Crippen LogP contribution in [0, 0.1) is 19.8 Å². The monoisotopic (exact) mass is 770 g/mol. The van der Waals surface area contributed by atoms with Crippen molar-refractivity contribution in [3.05, 3.63) is 111 Å². The molecule has 8 unspecified atom stereocenters. The van der Waals surface area contributed by atoms with Crippen LogP contribution in [0.5, 0.6) is 11.5 Å². The molecule has 4 aromatic rings. The topological polar surface area (TPSA) is 231 Å². The second-order valence-electron chi connectivity index (χ2n) is 13.8. The number of hydrogen-bond donors (Lipinski definition) is 7. The first-order valence-corrected chi connectivity index (χ1v) is 17.7. The molecule has 0 aliphatic carbocycles. The highest BCUT2D eigenvalue weighted by Crippen LogP contribution is 2.33. The molecule has 3 aromatic carbocycles. The Morgan fingerprint density at radius 2 is 1.75 bits per heavy atom. The number of esters is 1. The number of allylic oxidation sites excluding steroid dienone is 1. The van der Waals surface area contributed by atoms with Crippen LogP contribution in [0.4, 0.5) is 0 Å². The largest absolute Gasteiger partial charge is 0.508 e. The van der Waals surface area contributed by atoms with Crippen molar-refractivity contribution >= 4 is 34.8 Å². The van der Waals surface area contributed by atoms with Crippen LogP contribution in [0.3, 0.4) is 0 Å². The number of carboxylic acid groups (broad SMARTS) is 1. The van der Waals surface area contributed by atoms with Crippen molar-refractivity contribution in [2.45, 2.75) is 50.8 Å². The first-order chi connectivity index (χ1) is 26.8. The molecule has 0 spiro atoms. The van der Waals surface area contributed by atoms with E-state index < -0.39 is 54.9 Å². The van der Waals surface area contributed by atoms with Crippen molar-refractivity contribution in [1.82, 2.24) is 5.32 Å². The summed E-state index contributed by atoms with van der Waals surface area (Å²) in [6, 6.07) is 16.3. The summed E-state index contributed by atoms with van der Waals surface area (Å²) >= 11 is 0. The molecule has 7 rings (SSSR count). The minimum Gasteiger partial charge on any atom is -0.508 e. The SMILES string of the molecule is CNCC(C(=O)O)C(=O)OC(O)C1OC(Oc2ccc3c(=O)c(-c4ccc(O)cc4)coc3c2)C(O[NH+]2CC3=CC=NC3=C2c2cc(C)cc(C)c2)C(O)C1O. The Morgan fingerprint density at radius 3 is 2.45 bits per heavy atom. The number of quaternary nitrogens is 1. The number of hydrogen-bond acceptors (Lipinski definition) is 14. The van der Waals surface area contributed by atoms with Crippen LogP contribution in [-0.4, -0.2) is 101 Å². The van der Waals surface area contributed by atoms with Crippen LogP contribution < -0.4 is 20.5 Å². The third kappa shape index (κ3) is 7.59. The highest BCUT2D eigenvalue weighted by atomic mass is 16.8. The molecule has 16 nitrogen and oxygen atoms in total. The van der Waals surface area contributed by atoms with E-state index in [1.807, 2.05) is 38.1 Å². The van der Waals surface area contributed by atoms with Gasteiger partial charge in [0, 0.05) is 30.0 Å². The number of aliphatic hydroxyl groups is 3. The number of aliphatic carboxylic acids is 1. The summed E-state index contributed by atoms with van der Waals surface area (Å²) in [4.78, 5) is 49.0. The molecule has 1 saturated heterocycles. The summed E-state index contributed by atoms with van der Waals surface area (Å²) in [6.45, 7) is 3.88. The smallest absolute Gasteiger partial charge is 0.324 e. The third-order valence-corrected chi connectivity index (χ3v) is 9.71. The Bertz CT molecular complexity index is 2300. The number of aromatic hydroxyl groups is 1. The van der Waals surface area contributed by atoms with Crippen LogP contribution in [0.15, 0.2) is 98.5 Å². The van der Waals surface area contributed by atoms with Gasteiger partial charge < -0.3 is 49.5 Å². The van der Waals surface area contributed by atoms with E-state index in [4.69, 9.17) is 23.5 Å². The molecular formula is C40H40N3O13+. The van der Waals surface area contributed by atoms with Gasteiger partial charge in [-0.25, -0.2) is 4.99 Å². The van der Waals surface area contributed by atoms with Gasteiger partial charge in [-0.2, -0.15) is 9.90 Å². The lowest BCUT2D eigenvalue weighted by Crippen LogP contribution is -3.08. The van der Waals surface area contributed by atoms with E-state index in [9.17, 15) is 39.9 Å². The number of ether oxygens (including phenoxy) is 3. The maximum atomic E-state index is 13.4. The number of benzene rings is 3. The molecule has 3 aliphatic rings. The maximum absolute atomic E-state index is 13.4. The summed E-state index contributed by atoms with van der Waals surface area (Å²) in [7, 11) is 1.43. The van der Waals surface area contributed by atoms with E-state index in [-0.39, 0.29) is 46.6 Å². The molecule has 0 saturated carbocycles. The number of nitrogens with zero attached hydrogens (tertiary/aromatic N) is 1. The first kappa shape index (κ1) is 38.6. The fourth-order valence-corrected chi connectivity index (χ4v) is 7.02. The maximum Gasteiger partial charge on any atom is 0.324 e. The van der Waals surface area contributed by atoms with Crippen LogP contribution in [0.25, 0.3) is 27.8 Å². The average Bonchev–Trinajstić information content (AvgIpc) is 3.74. The van der Waals surface area contributed by atoms with Gasteiger partial charge in [0.25, 0.3) is 0 Å². The Balaban J connectivity index is 1.21. The standard InChI is InChI=1S/C40H39N3O13/c1-19-12-20(2)14-23(13-19)31-30-22(10-11-42-30)17-43(31)56-36-34(47)33(46)35(39(51)55-38(50)27(16-41-3)37(48)49)54-40(36)53-25-8-9-26-29(15-25)52-18-28(32(26)45)21-4-6-24(44)7-5-21/h4-15,18,27,33-36,39-41,44,46-47,51H,16-17H2,1-3H3,(H,48,49)/p+1. The van der Waals surface area contributed by atoms with Gasteiger partial charge in [-0.3, -0.25) is 14.4 Å². The highest BCUT2D eigenvalue weighted by molar-refractivity contribution is 5.94. The van der Waals surface area contributed by atoms with Crippen LogP contribution in [0.1, 0.15) is 16.7 Å². The molecule has 1 fully saturated rings. The van der Waals surface area contributed by atoms with Crippen molar-refractivity contribution in [2.75, 3.05) is 20.1 Å². The van der Waals surface area contributed by atoms with Gasteiger partial charge >= 0.3 is 11.9 Å². The van der Waals surface area contributed by atoms with Crippen molar-refractivity contribution in [2.24, 2.45) is 10.9 Å². The average molecular weight is 771 g/mol. The third-order valence-electron chi connectivity index (χ3n) is 9.71. The molecule has 1 aromatic heterocycles. The lowest BCUT2D eigenvalue weighted by atomic mass is 9.98. The van der Waals surface area contributed by atoms with E-state index in [0.29, 0.717) is 22.0 Å². The predicted octanol–water partition coefficient (Wildman–Crippen LogP) is 0.968. The van der Waals surface area contributed by atoms with Gasteiger partial charge in [-0.15, -0.1) is 0 Å². The van der Waals surface area contributed by atoms with Gasteiger partial charge in [-0.1, -0.05) is 29.3 Å². The van der Waals surface area contributed by atoms with Gasteiger partial charge in [0.15, 0.2) is 23.1 Å². The number of nitrogens with one attached hydrogen (secondary N) is 2. The molecule has 56 heavy (non-hydrogen) atoms. The number of aliphatic imine (C=N–C) groups is 1. The van der Waals surface area contributed by atoms with E-state index in [0.717, 1.165) is 22.3 Å². The number of aliphatic hydroxyl groups excluding tert-OH is 3. The number of phenolic OH excluding ortho intramolecular Hbond substituents is 1. The summed E-state index contributed by atoms with van der Waals surface area (Å²) in [5, 5.41) is 56.3. The number of phenols is 1. The summed E-state index contributed by atoms with van der Waals surface area (Å²) in [5.74, 6) is -4.42. The van der Waals surface area contributed by atoms with Crippen molar-refractivity contribution in [3.8, 4) is 22.6 Å². The van der Waals surface area contributed by atoms with Gasteiger partial charge in [0.2, 0.25) is 18.7 Å². The molecular weight excluding hydrogens is 730 g/mol. The quantitative estimate of drug-likeness (QED) is 0.0605. The Hall–Kier alpha value is -5.72. The number of fused-ring (bicyclic) bond motifs is 2. The van der Waals surface area contributed by atoms with Gasteiger partial charge in [-0.05, 0) is 68.9 Å². The minimum atomic E-state index is -2.25. The van der Waals surface area contributed by atoms with E-state index in [1.54, 1.807) is 18.3 Å². The first-order valence-electron chi connectivity index (χ1n) is 17.7. The van der Waals surface area contributed by atoms with E-state index in [2.05, 4.69) is 10.3 Å². The number of carbonyl (C=O) groups excluding carboxylic acids is 1. The van der Waals surface area contributed by atoms with Crippen LogP contribution in [0.2, 0.25) is 0 Å². The molecule has 7 N–H and O–H groups in total. The molecule has 292 valence electrons. The number of carboxylic acids is 1. The summed E-state index contributed by atoms with van der Waals surface area (Å²) < 4.78 is 23.1. The summed E-state index contributed by atoms with van der Waals surface area (Å²) in [5.41, 5.74) is 5.56. The van der Waals surface area contributed by atoms with Crippen LogP contribution in [-0.2, 0) is 23.9 Å². The molecule has 4 heterocycles. The molecule has 16 heteroatoms. The molecule has 0 bridgehead atoms. The predicted molar refractivity (Wildman–Crippen MR) is 198 cm³/mol. The van der Waals surface area contributed by atoms with Crippen molar-refractivity contribution in [1.29, 1.82) is 0 Å². The van der Waals surface area contributed by atoms with Gasteiger partial charge in [0.05, 0.1) is 10.9 Å². The fourth-order valence-electron chi connectivity index (χ4n) is 7.02. The zero-order valence-electron chi connectivity index (χ0n) is 30.4. The molecule has 8 atom stereocenters. The lowest BCUT2D eigenvalue weighted by Gasteiger charge is -2.42. The van der Waals surface area contributed by atoms with E-state index >= 15 is 0 Å². The molecule has 3 aliphatic heterocycles. The zero-order valence-corrected chi connectivity index (χ0v) is 30.4. The minimum absolute atomic E-state index is 0.0367. The summed E-state index contributed by atoms with van der Waals surface area (Å²) in [6.07, 6.45) is -6.14. The molecule has 0 radical (unpaired) electrons. The van der Waals surface area contributed by atoms with Crippen molar-refractivity contribution in [3.63, 3.8) is 0 Å². The van der Waals surface area contributed by atoms with Crippen molar-refractivity contribution < 1.29 is 63.7 Å². The van der Waals surface area contributed by atoms with E-state index in [1.165, 1.54) is 43.6 Å². The fraction of sp³-hybridized carbons (Fsp3) is 0.300. The Labute approximate surface area is 319 Å². The highest BCUT2D eigenvalue weighted by Gasteiger charge is 2.53. The normalized spacial score (nSPS) is 24.1. The van der Waals surface area contributed by atoms with Gasteiger partial charge in [0.1, 0.15) is 47.8 Å². The lowest BCUT2D eigenvalue weighted by molar-refractivity contribution is -1.04. The number of carbonyl (C=O) groups is 2. The van der Waals surface area contributed by atoms with Crippen LogP contribution >= 0.6 is 0 Å². The number of hydroxylamine groups is 2. The number of aryl methyl sites for hydroxylation is 2. The Kier molecular flexibility index (Phi) is 10.9. The molecule has 0 amide bonds. The Morgan fingerprint density at radius 1 is 1.02 bits per heavy atom. The second kappa shape index (κ2) is 15.8. The number of rotatable bonds is 12.